The van der Waals surface area contributed by atoms with E-state index in [1.807, 2.05) is 37.4 Å². The second kappa shape index (κ2) is 9.77. The van der Waals surface area contributed by atoms with Crippen LogP contribution in [0.25, 0.3) is 11.1 Å². The molecule has 144 valence electrons. The molecule has 3 aromatic carbocycles. The molecule has 0 aliphatic heterocycles. The highest BCUT2D eigenvalue weighted by molar-refractivity contribution is 5.98. The fraction of sp³-hybridized carbons (Fsp3) is 0.200. The highest BCUT2D eigenvalue weighted by atomic mass is 16.5. The van der Waals surface area contributed by atoms with Gasteiger partial charge in [0.05, 0.1) is 0 Å². The van der Waals surface area contributed by atoms with Crippen molar-refractivity contribution in [3.63, 3.8) is 0 Å². The zero-order chi connectivity index (χ0) is 19.8. The van der Waals surface area contributed by atoms with Crippen LogP contribution in [0.15, 0.2) is 78.9 Å². The zero-order valence-corrected chi connectivity index (χ0v) is 16.5. The summed E-state index contributed by atoms with van der Waals surface area (Å²) in [6.45, 7) is 3.63. The van der Waals surface area contributed by atoms with Gasteiger partial charge < -0.3 is 15.2 Å². The summed E-state index contributed by atoms with van der Waals surface area (Å²) >= 11 is 0. The molecule has 28 heavy (non-hydrogen) atoms. The predicted octanol–water partition coefficient (Wildman–Crippen LogP) is 5.36. The summed E-state index contributed by atoms with van der Waals surface area (Å²) in [7, 11) is 1.91. The van der Waals surface area contributed by atoms with Crippen molar-refractivity contribution in [2.24, 2.45) is 0 Å². The largest absolute Gasteiger partial charge is 0.508 e. The maximum Gasteiger partial charge on any atom is 0.119 e. The van der Waals surface area contributed by atoms with Crippen molar-refractivity contribution in [3.05, 3.63) is 95.6 Å². The Balaban J connectivity index is 2.06. The van der Waals surface area contributed by atoms with E-state index in [1.54, 1.807) is 12.1 Å². The molecule has 0 unspecified atom stereocenters. The number of phenols is 1. The first kappa shape index (κ1) is 19.7. The molecule has 0 radical (unpaired) electrons. The van der Waals surface area contributed by atoms with E-state index >= 15 is 0 Å². The van der Waals surface area contributed by atoms with Gasteiger partial charge >= 0.3 is 0 Å². The summed E-state index contributed by atoms with van der Waals surface area (Å²) in [5.74, 6) is 1.14. The Kier molecular flexibility index (Phi) is 6.88. The highest BCUT2D eigenvalue weighted by Crippen LogP contribution is 2.35. The maximum atomic E-state index is 9.72. The van der Waals surface area contributed by atoms with E-state index in [4.69, 9.17) is 4.74 Å². The van der Waals surface area contributed by atoms with E-state index in [1.165, 1.54) is 16.7 Å². The quantitative estimate of drug-likeness (QED) is 0.413. The first-order chi connectivity index (χ1) is 13.7. The van der Waals surface area contributed by atoms with Gasteiger partial charge in [0.2, 0.25) is 0 Å². The van der Waals surface area contributed by atoms with Crippen LogP contribution >= 0.6 is 0 Å². The molecule has 0 aliphatic carbocycles. The summed E-state index contributed by atoms with van der Waals surface area (Å²) in [6.07, 6.45) is 0.903. The first-order valence-electron chi connectivity index (χ1n) is 9.68. The number of aromatic hydroxyl groups is 1. The van der Waals surface area contributed by atoms with E-state index in [9.17, 15) is 5.11 Å². The van der Waals surface area contributed by atoms with Crippen LogP contribution in [0.2, 0.25) is 0 Å². The van der Waals surface area contributed by atoms with Gasteiger partial charge in [-0.3, -0.25) is 0 Å². The van der Waals surface area contributed by atoms with Gasteiger partial charge in [-0.15, -0.1) is 0 Å². The average molecular weight is 373 g/mol. The molecule has 3 aromatic rings. The molecule has 0 aromatic heterocycles. The van der Waals surface area contributed by atoms with Gasteiger partial charge in [0.15, 0.2) is 0 Å². The second-order valence-corrected chi connectivity index (χ2v) is 6.60. The lowest BCUT2D eigenvalue weighted by Gasteiger charge is -2.17. The summed E-state index contributed by atoms with van der Waals surface area (Å²) < 4.78 is 5.76. The van der Waals surface area contributed by atoms with Crippen LogP contribution in [0, 0.1) is 0 Å². The van der Waals surface area contributed by atoms with Crippen molar-refractivity contribution in [2.45, 2.75) is 13.3 Å². The van der Waals surface area contributed by atoms with E-state index < -0.39 is 0 Å². The molecule has 2 N–H and O–H groups in total. The minimum absolute atomic E-state index is 0.272. The summed E-state index contributed by atoms with van der Waals surface area (Å²) in [4.78, 5) is 0. The molecule has 0 heterocycles. The third kappa shape index (κ3) is 4.81. The third-order valence-corrected chi connectivity index (χ3v) is 4.70. The standard InChI is InChI=1S/C25H27NO2/c1-3-24(19-7-5-4-6-8-19)25(20-9-13-22(27)14-10-20)21-11-15-23(16-12-21)28-18-17-26-2/h4-16,26-27H,3,17-18H2,1-2H3/b25-24+. The monoisotopic (exact) mass is 373 g/mol. The molecule has 3 heteroatoms. The van der Waals surface area contributed by atoms with Crippen molar-refractivity contribution in [2.75, 3.05) is 20.2 Å². The molecule has 0 bridgehead atoms. The van der Waals surface area contributed by atoms with Gasteiger partial charge in [-0.05, 0) is 65.6 Å². The molecular weight excluding hydrogens is 346 g/mol. The Labute approximate surface area is 167 Å². The molecule has 3 rings (SSSR count). The number of phenolic OH excluding ortho intramolecular Hbond substituents is 1. The van der Waals surface area contributed by atoms with Gasteiger partial charge in [0.1, 0.15) is 18.1 Å². The summed E-state index contributed by atoms with van der Waals surface area (Å²) in [5, 5.41) is 12.8. The Morgan fingerprint density at radius 2 is 1.43 bits per heavy atom. The lowest BCUT2D eigenvalue weighted by molar-refractivity contribution is 0.318. The second-order valence-electron chi connectivity index (χ2n) is 6.60. The van der Waals surface area contributed by atoms with Gasteiger partial charge in [-0.25, -0.2) is 0 Å². The van der Waals surface area contributed by atoms with E-state index in [-0.39, 0.29) is 5.75 Å². The van der Waals surface area contributed by atoms with Gasteiger partial charge in [-0.1, -0.05) is 61.5 Å². The smallest absolute Gasteiger partial charge is 0.119 e. The van der Waals surface area contributed by atoms with Crippen LogP contribution in [0.4, 0.5) is 0 Å². The third-order valence-electron chi connectivity index (χ3n) is 4.70. The van der Waals surface area contributed by atoms with Crippen molar-refractivity contribution >= 4 is 11.1 Å². The predicted molar refractivity (Wildman–Crippen MR) is 117 cm³/mol. The Morgan fingerprint density at radius 1 is 0.821 bits per heavy atom. The molecule has 3 nitrogen and oxygen atoms in total. The van der Waals surface area contributed by atoms with Crippen LogP contribution in [0.5, 0.6) is 11.5 Å². The number of rotatable bonds is 8. The molecule has 0 atom stereocenters. The van der Waals surface area contributed by atoms with Crippen molar-refractivity contribution in [1.82, 2.24) is 5.32 Å². The van der Waals surface area contributed by atoms with Crippen LogP contribution in [-0.2, 0) is 0 Å². The van der Waals surface area contributed by atoms with Crippen LogP contribution < -0.4 is 10.1 Å². The van der Waals surface area contributed by atoms with Crippen molar-refractivity contribution in [1.29, 1.82) is 0 Å². The lowest BCUT2D eigenvalue weighted by Crippen LogP contribution is -2.15. The highest BCUT2D eigenvalue weighted by Gasteiger charge is 2.13. The van der Waals surface area contributed by atoms with Crippen molar-refractivity contribution in [3.8, 4) is 11.5 Å². The molecule has 0 aliphatic rings. The maximum absolute atomic E-state index is 9.72. The number of hydrogen-bond acceptors (Lipinski definition) is 3. The molecule has 0 spiro atoms. The van der Waals surface area contributed by atoms with E-state index in [0.29, 0.717) is 6.61 Å². The summed E-state index contributed by atoms with van der Waals surface area (Å²) in [6, 6.07) is 26.1. The Morgan fingerprint density at radius 3 is 2.00 bits per heavy atom. The molecule has 0 saturated heterocycles. The van der Waals surface area contributed by atoms with E-state index in [0.717, 1.165) is 29.8 Å². The van der Waals surface area contributed by atoms with Crippen LogP contribution in [-0.4, -0.2) is 25.3 Å². The topological polar surface area (TPSA) is 41.5 Å². The zero-order valence-electron chi connectivity index (χ0n) is 16.5. The summed E-state index contributed by atoms with van der Waals surface area (Å²) in [5.41, 5.74) is 5.88. The van der Waals surface area contributed by atoms with E-state index in [2.05, 4.69) is 48.6 Å². The van der Waals surface area contributed by atoms with Gasteiger partial charge in [0, 0.05) is 6.54 Å². The SMILES string of the molecule is CC/C(=C(/c1ccc(O)cc1)c1ccc(OCCNC)cc1)c1ccccc1. The van der Waals surface area contributed by atoms with Gasteiger partial charge in [0.25, 0.3) is 0 Å². The normalized spacial score (nSPS) is 11.8. The number of allylic oxidation sites excluding steroid dienone is 1. The number of likely N-dealkylation sites (N-methyl/N-ethyl adjacent to an activating group) is 1. The number of hydrogen-bond donors (Lipinski definition) is 2. The Bertz CT molecular complexity index is 898. The Hall–Kier alpha value is -3.04. The van der Waals surface area contributed by atoms with Crippen molar-refractivity contribution < 1.29 is 9.84 Å². The van der Waals surface area contributed by atoms with Crippen LogP contribution in [0.1, 0.15) is 30.0 Å². The number of benzene rings is 3. The molecule has 0 amide bonds. The minimum atomic E-state index is 0.272. The molecule has 0 saturated carbocycles. The van der Waals surface area contributed by atoms with Crippen LogP contribution in [0.3, 0.4) is 0 Å². The minimum Gasteiger partial charge on any atom is -0.508 e. The average Bonchev–Trinajstić information content (AvgIpc) is 2.74. The first-order valence-corrected chi connectivity index (χ1v) is 9.68. The number of ether oxygens (including phenoxy) is 1. The number of nitrogens with one attached hydrogen (secondary N) is 1. The molecule has 0 fully saturated rings. The fourth-order valence-corrected chi connectivity index (χ4v) is 3.30. The molecular formula is C25H27NO2. The fourth-order valence-electron chi connectivity index (χ4n) is 3.30. The lowest BCUT2D eigenvalue weighted by atomic mass is 9.88. The van der Waals surface area contributed by atoms with Gasteiger partial charge in [-0.2, -0.15) is 0 Å².